The first-order chi connectivity index (χ1) is 14.5. The molecule has 0 spiro atoms. The summed E-state index contributed by atoms with van der Waals surface area (Å²) < 4.78 is 5.46. The zero-order valence-electron chi connectivity index (χ0n) is 17.3. The third kappa shape index (κ3) is 3.96. The van der Waals surface area contributed by atoms with Crippen molar-refractivity contribution in [3.8, 4) is 0 Å². The number of ether oxygens (including phenoxy) is 1. The summed E-state index contributed by atoms with van der Waals surface area (Å²) in [7, 11) is 0. The first kappa shape index (κ1) is 20.5. The van der Waals surface area contributed by atoms with Crippen molar-refractivity contribution in [2.24, 2.45) is 0 Å². The summed E-state index contributed by atoms with van der Waals surface area (Å²) in [4.78, 5) is 54.7. The second kappa shape index (κ2) is 8.55. The minimum Gasteiger partial charge on any atom is -0.368 e. The molecule has 160 valence electrons. The van der Waals surface area contributed by atoms with Gasteiger partial charge in [0.05, 0.1) is 11.1 Å². The fourth-order valence-electron chi connectivity index (χ4n) is 4.31. The van der Waals surface area contributed by atoms with E-state index in [0.717, 1.165) is 18.4 Å². The van der Waals surface area contributed by atoms with Crippen molar-refractivity contribution in [2.45, 2.75) is 38.7 Å². The fraction of sp³-hybridized carbons (Fsp3) is 0.545. The molecule has 4 amide bonds. The SMILES string of the molecule is Cc1ccc2c(c1)C(=O)N(CCCC(=O)N1CCN(C(=O)C3CCCO3)CC1)C2=O. The van der Waals surface area contributed by atoms with Crippen LogP contribution >= 0.6 is 0 Å². The highest BCUT2D eigenvalue weighted by atomic mass is 16.5. The van der Waals surface area contributed by atoms with Gasteiger partial charge < -0.3 is 14.5 Å². The monoisotopic (exact) mass is 413 g/mol. The number of amides is 4. The Balaban J connectivity index is 1.23. The summed E-state index contributed by atoms with van der Waals surface area (Å²) in [5.74, 6) is -0.553. The summed E-state index contributed by atoms with van der Waals surface area (Å²) in [5.41, 5.74) is 1.81. The summed E-state index contributed by atoms with van der Waals surface area (Å²) >= 11 is 0. The van der Waals surface area contributed by atoms with E-state index < -0.39 is 0 Å². The number of hydrogen-bond acceptors (Lipinski definition) is 5. The first-order valence-corrected chi connectivity index (χ1v) is 10.6. The summed E-state index contributed by atoms with van der Waals surface area (Å²) in [6.45, 7) is 4.79. The molecule has 0 N–H and O–H groups in total. The lowest BCUT2D eigenvalue weighted by Gasteiger charge is -2.35. The molecule has 1 atom stereocenters. The van der Waals surface area contributed by atoms with Gasteiger partial charge in [-0.3, -0.25) is 24.1 Å². The first-order valence-electron chi connectivity index (χ1n) is 10.6. The highest BCUT2D eigenvalue weighted by Crippen LogP contribution is 2.24. The van der Waals surface area contributed by atoms with E-state index in [9.17, 15) is 19.2 Å². The van der Waals surface area contributed by atoms with Gasteiger partial charge in [-0.1, -0.05) is 11.6 Å². The maximum atomic E-state index is 12.5. The molecule has 0 aliphatic carbocycles. The van der Waals surface area contributed by atoms with Gasteiger partial charge in [0.15, 0.2) is 0 Å². The van der Waals surface area contributed by atoms with E-state index in [0.29, 0.717) is 50.3 Å². The van der Waals surface area contributed by atoms with Crippen molar-refractivity contribution in [3.63, 3.8) is 0 Å². The Morgan fingerprint density at radius 2 is 1.73 bits per heavy atom. The number of nitrogens with zero attached hydrogens (tertiary/aromatic N) is 3. The number of fused-ring (bicyclic) bond motifs is 1. The number of carbonyl (C=O) groups excluding carboxylic acids is 4. The fourth-order valence-corrected chi connectivity index (χ4v) is 4.31. The van der Waals surface area contributed by atoms with Crippen molar-refractivity contribution in [1.29, 1.82) is 0 Å². The van der Waals surface area contributed by atoms with Gasteiger partial charge >= 0.3 is 0 Å². The molecule has 0 bridgehead atoms. The van der Waals surface area contributed by atoms with Gasteiger partial charge in [-0.25, -0.2) is 0 Å². The highest BCUT2D eigenvalue weighted by Gasteiger charge is 2.35. The quantitative estimate of drug-likeness (QED) is 0.678. The molecule has 3 aliphatic rings. The Hall–Kier alpha value is -2.74. The number of piperazine rings is 1. The summed E-state index contributed by atoms with van der Waals surface area (Å²) in [6.07, 6.45) is 2.07. The maximum Gasteiger partial charge on any atom is 0.261 e. The largest absolute Gasteiger partial charge is 0.368 e. The highest BCUT2D eigenvalue weighted by molar-refractivity contribution is 6.21. The van der Waals surface area contributed by atoms with Crippen LogP contribution in [-0.4, -0.2) is 83.8 Å². The Bertz CT molecular complexity index is 870. The Labute approximate surface area is 175 Å². The lowest BCUT2D eigenvalue weighted by Crippen LogP contribution is -2.52. The predicted molar refractivity (Wildman–Crippen MR) is 108 cm³/mol. The molecule has 30 heavy (non-hydrogen) atoms. The molecule has 3 heterocycles. The number of benzene rings is 1. The van der Waals surface area contributed by atoms with Gasteiger partial charge in [0.1, 0.15) is 6.10 Å². The number of imide groups is 1. The molecule has 1 unspecified atom stereocenters. The van der Waals surface area contributed by atoms with Crippen LogP contribution in [0.3, 0.4) is 0 Å². The summed E-state index contributed by atoms with van der Waals surface area (Å²) in [5, 5.41) is 0. The Kier molecular flexibility index (Phi) is 5.85. The Morgan fingerprint density at radius 1 is 1.03 bits per heavy atom. The van der Waals surface area contributed by atoms with Crippen molar-refractivity contribution >= 4 is 23.6 Å². The molecule has 3 aliphatic heterocycles. The summed E-state index contributed by atoms with van der Waals surface area (Å²) in [6, 6.07) is 5.24. The molecule has 8 nitrogen and oxygen atoms in total. The standard InChI is InChI=1S/C22H27N3O5/c1-15-6-7-16-17(14-15)21(28)25(20(16)27)8-2-5-19(26)23-9-11-24(12-10-23)22(29)18-4-3-13-30-18/h6-7,14,18H,2-5,8-13H2,1H3. The van der Waals surface area contributed by atoms with Crippen molar-refractivity contribution < 1.29 is 23.9 Å². The number of aryl methyl sites for hydroxylation is 1. The van der Waals surface area contributed by atoms with E-state index in [-0.39, 0.29) is 42.7 Å². The zero-order chi connectivity index (χ0) is 21.3. The third-order valence-corrected chi connectivity index (χ3v) is 6.05. The average Bonchev–Trinajstić information content (AvgIpc) is 3.37. The van der Waals surface area contributed by atoms with Gasteiger partial charge in [-0.05, 0) is 38.3 Å². The van der Waals surface area contributed by atoms with Crippen molar-refractivity contribution in [3.05, 3.63) is 34.9 Å². The van der Waals surface area contributed by atoms with Gasteiger partial charge in [-0.2, -0.15) is 0 Å². The van der Waals surface area contributed by atoms with Gasteiger partial charge in [0, 0.05) is 45.8 Å². The third-order valence-electron chi connectivity index (χ3n) is 6.05. The minimum absolute atomic E-state index is 0.00771. The van der Waals surface area contributed by atoms with E-state index in [2.05, 4.69) is 0 Å². The van der Waals surface area contributed by atoms with E-state index in [4.69, 9.17) is 4.74 Å². The van der Waals surface area contributed by atoms with Crippen LogP contribution in [0.4, 0.5) is 0 Å². The zero-order valence-corrected chi connectivity index (χ0v) is 17.3. The molecule has 0 radical (unpaired) electrons. The topological polar surface area (TPSA) is 87.2 Å². The molecule has 1 aromatic rings. The van der Waals surface area contributed by atoms with Crippen LogP contribution in [0.2, 0.25) is 0 Å². The van der Waals surface area contributed by atoms with Crippen LogP contribution in [0.25, 0.3) is 0 Å². The normalized spacial score (nSPS) is 21.4. The Morgan fingerprint density at radius 3 is 2.43 bits per heavy atom. The van der Waals surface area contributed by atoms with E-state index in [1.54, 1.807) is 21.9 Å². The van der Waals surface area contributed by atoms with Gasteiger partial charge in [0.25, 0.3) is 17.7 Å². The van der Waals surface area contributed by atoms with Gasteiger partial charge in [0.2, 0.25) is 5.91 Å². The van der Waals surface area contributed by atoms with Crippen LogP contribution in [0.15, 0.2) is 18.2 Å². The molecule has 2 fully saturated rings. The molecule has 8 heteroatoms. The van der Waals surface area contributed by atoms with Crippen molar-refractivity contribution in [1.82, 2.24) is 14.7 Å². The lowest BCUT2D eigenvalue weighted by molar-refractivity contribution is -0.146. The van der Waals surface area contributed by atoms with Crippen LogP contribution in [0.1, 0.15) is 52.0 Å². The molecule has 1 aromatic carbocycles. The predicted octanol–water partition coefficient (Wildman–Crippen LogP) is 1.22. The van der Waals surface area contributed by atoms with Crippen LogP contribution in [-0.2, 0) is 14.3 Å². The minimum atomic E-state index is -0.323. The average molecular weight is 413 g/mol. The number of rotatable bonds is 5. The second-order valence-corrected chi connectivity index (χ2v) is 8.12. The number of hydrogen-bond donors (Lipinski definition) is 0. The van der Waals surface area contributed by atoms with Crippen LogP contribution in [0, 0.1) is 6.92 Å². The van der Waals surface area contributed by atoms with E-state index in [1.165, 1.54) is 4.90 Å². The molecule has 4 rings (SSSR count). The molecular formula is C22H27N3O5. The van der Waals surface area contributed by atoms with E-state index >= 15 is 0 Å². The maximum absolute atomic E-state index is 12.5. The molecular weight excluding hydrogens is 386 g/mol. The van der Waals surface area contributed by atoms with Crippen molar-refractivity contribution in [2.75, 3.05) is 39.3 Å². The number of carbonyl (C=O) groups is 4. The van der Waals surface area contributed by atoms with Crippen LogP contribution < -0.4 is 0 Å². The van der Waals surface area contributed by atoms with Gasteiger partial charge in [-0.15, -0.1) is 0 Å². The van der Waals surface area contributed by atoms with E-state index in [1.807, 2.05) is 13.0 Å². The molecule has 0 aromatic heterocycles. The molecule has 2 saturated heterocycles. The second-order valence-electron chi connectivity index (χ2n) is 8.12. The molecule has 0 saturated carbocycles. The smallest absolute Gasteiger partial charge is 0.261 e. The lowest BCUT2D eigenvalue weighted by atomic mass is 10.1. The van der Waals surface area contributed by atoms with Crippen LogP contribution in [0.5, 0.6) is 0 Å².